The van der Waals surface area contributed by atoms with Crippen molar-refractivity contribution >= 4 is 16.0 Å². The van der Waals surface area contributed by atoms with Crippen LogP contribution in [0.25, 0.3) is 0 Å². The van der Waals surface area contributed by atoms with Gasteiger partial charge < -0.3 is 10.1 Å². The van der Waals surface area contributed by atoms with Crippen LogP contribution in [0, 0.1) is 5.92 Å². The van der Waals surface area contributed by atoms with Crippen molar-refractivity contribution < 1.29 is 17.9 Å². The summed E-state index contributed by atoms with van der Waals surface area (Å²) in [6, 6.07) is 0. The number of rotatable bonds is 6. The van der Waals surface area contributed by atoms with E-state index in [9.17, 15) is 13.2 Å². The molecule has 1 heterocycles. The normalized spacial score (nSPS) is 27.7. The van der Waals surface area contributed by atoms with Gasteiger partial charge in [0.1, 0.15) is 0 Å². The first-order valence-corrected chi connectivity index (χ1v) is 9.08. The maximum atomic E-state index is 12.4. The smallest absolute Gasteiger partial charge is 0.310 e. The average Bonchev–Trinajstić information content (AvgIpc) is 2.98. The molecule has 2 unspecified atom stereocenters. The van der Waals surface area contributed by atoms with Crippen LogP contribution in [0.15, 0.2) is 0 Å². The summed E-state index contributed by atoms with van der Waals surface area (Å²) in [6.07, 6.45) is 1.88. The van der Waals surface area contributed by atoms with Crippen molar-refractivity contribution in [2.45, 2.75) is 24.5 Å². The molecule has 7 nitrogen and oxygen atoms in total. The standard InChI is InChI=1S/C13H25N3O4S/c1-20-13(17)11-3-2-4-12(11)21(18,19)15-7-10-16-8-5-14-6-9-16/h11-12,14-15H,2-10H2,1H3. The summed E-state index contributed by atoms with van der Waals surface area (Å²) in [5, 5.41) is 2.61. The van der Waals surface area contributed by atoms with Crippen LogP contribution < -0.4 is 10.0 Å². The van der Waals surface area contributed by atoms with Crippen LogP contribution >= 0.6 is 0 Å². The Morgan fingerprint density at radius 2 is 2.05 bits per heavy atom. The number of esters is 1. The van der Waals surface area contributed by atoms with E-state index in [4.69, 9.17) is 4.74 Å². The minimum Gasteiger partial charge on any atom is -0.469 e. The number of methoxy groups -OCH3 is 1. The lowest BCUT2D eigenvalue weighted by molar-refractivity contribution is -0.145. The zero-order valence-electron chi connectivity index (χ0n) is 12.5. The molecule has 2 fully saturated rings. The molecule has 21 heavy (non-hydrogen) atoms. The van der Waals surface area contributed by atoms with Gasteiger partial charge in [0.15, 0.2) is 0 Å². The molecule has 122 valence electrons. The SMILES string of the molecule is COC(=O)C1CCCC1S(=O)(=O)NCCN1CCNCC1. The van der Waals surface area contributed by atoms with E-state index in [1.807, 2.05) is 0 Å². The van der Waals surface area contributed by atoms with Crippen molar-refractivity contribution in [1.82, 2.24) is 14.9 Å². The number of hydrogen-bond acceptors (Lipinski definition) is 6. The highest BCUT2D eigenvalue weighted by Crippen LogP contribution is 2.31. The second kappa shape index (κ2) is 7.53. The van der Waals surface area contributed by atoms with E-state index in [1.165, 1.54) is 7.11 Å². The third-order valence-electron chi connectivity index (χ3n) is 4.30. The Morgan fingerprint density at radius 3 is 2.71 bits per heavy atom. The lowest BCUT2D eigenvalue weighted by atomic mass is 10.1. The van der Waals surface area contributed by atoms with Crippen LogP contribution in [0.2, 0.25) is 0 Å². The summed E-state index contributed by atoms with van der Waals surface area (Å²) < 4.78 is 32.1. The monoisotopic (exact) mass is 319 g/mol. The molecule has 2 aliphatic rings. The number of nitrogens with one attached hydrogen (secondary N) is 2. The largest absolute Gasteiger partial charge is 0.469 e. The first-order valence-electron chi connectivity index (χ1n) is 7.54. The molecule has 0 bridgehead atoms. The van der Waals surface area contributed by atoms with E-state index < -0.39 is 27.2 Å². The Balaban J connectivity index is 1.84. The molecule has 1 aliphatic heterocycles. The maximum Gasteiger partial charge on any atom is 0.310 e. The van der Waals surface area contributed by atoms with E-state index in [0.29, 0.717) is 25.9 Å². The number of carbonyl (C=O) groups is 1. The summed E-state index contributed by atoms with van der Waals surface area (Å²) >= 11 is 0. The van der Waals surface area contributed by atoms with Gasteiger partial charge in [-0.05, 0) is 12.8 Å². The zero-order chi connectivity index (χ0) is 15.3. The van der Waals surface area contributed by atoms with Gasteiger partial charge in [-0.3, -0.25) is 9.69 Å². The molecule has 0 amide bonds. The molecule has 2 N–H and O–H groups in total. The zero-order valence-corrected chi connectivity index (χ0v) is 13.3. The van der Waals surface area contributed by atoms with Crippen LogP contribution in [0.1, 0.15) is 19.3 Å². The summed E-state index contributed by atoms with van der Waals surface area (Å²) in [5.41, 5.74) is 0. The van der Waals surface area contributed by atoms with E-state index in [1.54, 1.807) is 0 Å². The molecule has 0 spiro atoms. The first-order chi connectivity index (χ1) is 10.0. The summed E-state index contributed by atoms with van der Waals surface area (Å²) in [6.45, 7) is 4.87. The minimum absolute atomic E-state index is 0.396. The summed E-state index contributed by atoms with van der Waals surface area (Å²) in [7, 11) is -2.15. The van der Waals surface area contributed by atoms with E-state index in [-0.39, 0.29) is 0 Å². The molecule has 8 heteroatoms. The lowest BCUT2D eigenvalue weighted by Crippen LogP contribution is -2.47. The number of ether oxygens (including phenoxy) is 1. The van der Waals surface area contributed by atoms with E-state index in [0.717, 1.165) is 32.6 Å². The highest BCUT2D eigenvalue weighted by molar-refractivity contribution is 7.90. The second-order valence-corrected chi connectivity index (χ2v) is 7.61. The number of piperazine rings is 1. The van der Waals surface area contributed by atoms with Crippen molar-refractivity contribution in [2.24, 2.45) is 5.92 Å². The second-order valence-electron chi connectivity index (χ2n) is 5.63. The van der Waals surface area contributed by atoms with Crippen LogP contribution in [-0.4, -0.2) is 70.9 Å². The highest BCUT2D eigenvalue weighted by Gasteiger charge is 2.41. The van der Waals surface area contributed by atoms with Crippen molar-refractivity contribution in [1.29, 1.82) is 0 Å². The number of carbonyl (C=O) groups excluding carboxylic acids is 1. The van der Waals surface area contributed by atoms with Gasteiger partial charge in [0.05, 0.1) is 18.3 Å². The predicted octanol–water partition coefficient (Wildman–Crippen LogP) is -0.847. The Morgan fingerprint density at radius 1 is 1.33 bits per heavy atom. The fraction of sp³-hybridized carbons (Fsp3) is 0.923. The third kappa shape index (κ3) is 4.38. The van der Waals surface area contributed by atoms with Gasteiger partial charge in [-0.1, -0.05) is 6.42 Å². The molecule has 1 saturated heterocycles. The van der Waals surface area contributed by atoms with Gasteiger partial charge >= 0.3 is 5.97 Å². The van der Waals surface area contributed by atoms with Crippen molar-refractivity contribution in [3.8, 4) is 0 Å². The molecule has 0 aromatic heterocycles. The van der Waals surface area contributed by atoms with E-state index in [2.05, 4.69) is 14.9 Å². The highest BCUT2D eigenvalue weighted by atomic mass is 32.2. The Labute approximate surface area is 126 Å². The van der Waals surface area contributed by atoms with Crippen molar-refractivity contribution in [2.75, 3.05) is 46.4 Å². The first kappa shape index (κ1) is 16.7. The molecule has 0 radical (unpaired) electrons. The summed E-state index contributed by atoms with van der Waals surface area (Å²) in [4.78, 5) is 13.9. The van der Waals surface area contributed by atoms with Gasteiger partial charge in [-0.2, -0.15) is 0 Å². The molecule has 1 saturated carbocycles. The fourth-order valence-electron chi connectivity index (χ4n) is 3.11. The van der Waals surface area contributed by atoms with Crippen LogP contribution in [0.5, 0.6) is 0 Å². The van der Waals surface area contributed by atoms with Crippen molar-refractivity contribution in [3.05, 3.63) is 0 Å². The van der Waals surface area contributed by atoms with Gasteiger partial charge in [0.25, 0.3) is 0 Å². The van der Waals surface area contributed by atoms with Crippen LogP contribution in [0.3, 0.4) is 0 Å². The van der Waals surface area contributed by atoms with Gasteiger partial charge in [-0.25, -0.2) is 13.1 Å². The topological polar surface area (TPSA) is 87.7 Å². The third-order valence-corrected chi connectivity index (χ3v) is 6.26. The molecule has 1 aliphatic carbocycles. The molecule has 0 aromatic carbocycles. The number of hydrogen-bond donors (Lipinski definition) is 2. The van der Waals surface area contributed by atoms with Gasteiger partial charge in [0, 0.05) is 39.3 Å². The number of nitrogens with zero attached hydrogens (tertiary/aromatic N) is 1. The summed E-state index contributed by atoms with van der Waals surface area (Å²) in [5.74, 6) is -0.934. The van der Waals surface area contributed by atoms with Crippen molar-refractivity contribution in [3.63, 3.8) is 0 Å². The van der Waals surface area contributed by atoms with Gasteiger partial charge in [0.2, 0.25) is 10.0 Å². The van der Waals surface area contributed by atoms with Gasteiger partial charge in [-0.15, -0.1) is 0 Å². The average molecular weight is 319 g/mol. The lowest BCUT2D eigenvalue weighted by Gasteiger charge is -2.27. The Hall–Kier alpha value is -0.700. The van der Waals surface area contributed by atoms with E-state index >= 15 is 0 Å². The predicted molar refractivity (Wildman–Crippen MR) is 79.4 cm³/mol. The molecule has 0 aromatic rings. The number of sulfonamides is 1. The molecule has 2 rings (SSSR count). The van der Waals surface area contributed by atoms with Crippen LogP contribution in [-0.2, 0) is 19.6 Å². The maximum absolute atomic E-state index is 12.4. The fourth-order valence-corrected chi connectivity index (χ4v) is 4.85. The molecular formula is C13H25N3O4S. The minimum atomic E-state index is -3.46. The Kier molecular flexibility index (Phi) is 5.98. The van der Waals surface area contributed by atoms with Crippen LogP contribution in [0.4, 0.5) is 0 Å². The Bertz CT molecular complexity index is 448. The molecule has 2 atom stereocenters. The quantitative estimate of drug-likeness (QED) is 0.620. The molecular weight excluding hydrogens is 294 g/mol.